The Morgan fingerprint density at radius 1 is 1.29 bits per heavy atom. The van der Waals surface area contributed by atoms with E-state index in [2.05, 4.69) is 4.98 Å². The molecule has 0 amide bonds. The van der Waals surface area contributed by atoms with Crippen LogP contribution in [0.2, 0.25) is 0 Å². The van der Waals surface area contributed by atoms with E-state index in [1.165, 1.54) is 0 Å². The lowest BCUT2D eigenvalue weighted by Gasteiger charge is -2.11. The first kappa shape index (κ1) is 9.13. The number of pyridine rings is 1. The molecular weight excluding hydrogens is 174 g/mol. The summed E-state index contributed by atoms with van der Waals surface area (Å²) in [6.45, 7) is 0. The number of hydrogen-bond acceptors (Lipinski definition) is 2. The average Bonchev–Trinajstić information content (AvgIpc) is 2.23. The number of hydrogen-bond donors (Lipinski definition) is 0. The highest BCUT2D eigenvalue weighted by atomic mass is 16.1. The predicted octanol–water partition coefficient (Wildman–Crippen LogP) is 2.61. The Morgan fingerprint density at radius 3 is 2.86 bits per heavy atom. The van der Waals surface area contributed by atoms with Gasteiger partial charge in [0.2, 0.25) is 0 Å². The van der Waals surface area contributed by atoms with E-state index >= 15 is 0 Å². The summed E-state index contributed by atoms with van der Waals surface area (Å²) in [6.07, 6.45) is 9.31. The highest BCUT2D eigenvalue weighted by molar-refractivity contribution is 6.00. The Balaban J connectivity index is 2.21. The fourth-order valence-corrected chi connectivity index (χ4v) is 1.72. The zero-order valence-corrected chi connectivity index (χ0v) is 8.07. The summed E-state index contributed by atoms with van der Waals surface area (Å²) >= 11 is 0. The third kappa shape index (κ3) is 2.08. The van der Waals surface area contributed by atoms with Crippen molar-refractivity contribution in [2.24, 2.45) is 0 Å². The van der Waals surface area contributed by atoms with Crippen LogP contribution in [0.3, 0.4) is 0 Å². The number of nitrogens with zero attached hydrogens (tertiary/aromatic N) is 1. The summed E-state index contributed by atoms with van der Waals surface area (Å²) in [5.41, 5.74) is 1.99. The fraction of sp³-hybridized carbons (Fsp3) is 0.333. The number of rotatable bonds is 1. The number of Topliss-reactive ketones (excluding diaryl/α,β-unsaturated/α-hetero) is 1. The van der Waals surface area contributed by atoms with Gasteiger partial charge in [0.05, 0.1) is 0 Å². The van der Waals surface area contributed by atoms with Gasteiger partial charge in [-0.15, -0.1) is 0 Å². The van der Waals surface area contributed by atoms with Gasteiger partial charge >= 0.3 is 0 Å². The molecule has 0 spiro atoms. The standard InChI is InChI=1S/C12H13NO/c14-12-6-2-1-5-11(12)8-10-4-3-7-13-9-10/h3-4,7-9H,1-2,5-6H2. The van der Waals surface area contributed by atoms with Crippen LogP contribution in [-0.2, 0) is 4.79 Å². The largest absolute Gasteiger partial charge is 0.295 e. The fourth-order valence-electron chi connectivity index (χ4n) is 1.72. The van der Waals surface area contributed by atoms with Crippen LogP contribution in [-0.4, -0.2) is 10.8 Å². The molecule has 0 N–H and O–H groups in total. The monoisotopic (exact) mass is 187 g/mol. The minimum Gasteiger partial charge on any atom is -0.295 e. The number of ketones is 1. The Kier molecular flexibility index (Phi) is 2.73. The lowest BCUT2D eigenvalue weighted by Crippen LogP contribution is -2.07. The van der Waals surface area contributed by atoms with Gasteiger partial charge in [0, 0.05) is 18.8 Å². The lowest BCUT2D eigenvalue weighted by atomic mass is 9.92. The molecule has 1 aliphatic rings. The van der Waals surface area contributed by atoms with Crippen LogP contribution in [0.25, 0.3) is 6.08 Å². The van der Waals surface area contributed by atoms with Gasteiger partial charge in [-0.2, -0.15) is 0 Å². The molecule has 0 unspecified atom stereocenters. The van der Waals surface area contributed by atoms with Crippen LogP contribution in [0.4, 0.5) is 0 Å². The molecule has 0 saturated heterocycles. The summed E-state index contributed by atoms with van der Waals surface area (Å²) in [4.78, 5) is 15.5. The van der Waals surface area contributed by atoms with Gasteiger partial charge in [0.1, 0.15) is 0 Å². The van der Waals surface area contributed by atoms with Crippen molar-refractivity contribution >= 4 is 11.9 Å². The molecule has 1 aromatic heterocycles. The smallest absolute Gasteiger partial charge is 0.158 e. The Hall–Kier alpha value is -1.44. The predicted molar refractivity (Wildman–Crippen MR) is 55.7 cm³/mol. The van der Waals surface area contributed by atoms with Crippen molar-refractivity contribution in [3.8, 4) is 0 Å². The van der Waals surface area contributed by atoms with Crippen LogP contribution < -0.4 is 0 Å². The number of aromatic nitrogens is 1. The summed E-state index contributed by atoms with van der Waals surface area (Å²) in [7, 11) is 0. The van der Waals surface area contributed by atoms with Crippen molar-refractivity contribution in [3.05, 3.63) is 35.7 Å². The molecule has 2 rings (SSSR count). The van der Waals surface area contributed by atoms with Gasteiger partial charge in [-0.3, -0.25) is 9.78 Å². The van der Waals surface area contributed by atoms with Crippen LogP contribution >= 0.6 is 0 Å². The van der Waals surface area contributed by atoms with Gasteiger partial charge in [-0.1, -0.05) is 6.07 Å². The van der Waals surface area contributed by atoms with Gasteiger partial charge in [0.25, 0.3) is 0 Å². The topological polar surface area (TPSA) is 30.0 Å². The molecule has 1 heterocycles. The minimum absolute atomic E-state index is 0.306. The first-order valence-electron chi connectivity index (χ1n) is 5.00. The second-order valence-corrected chi connectivity index (χ2v) is 3.59. The Morgan fingerprint density at radius 2 is 2.14 bits per heavy atom. The minimum atomic E-state index is 0.306. The van der Waals surface area contributed by atoms with Gasteiger partial charge < -0.3 is 0 Å². The van der Waals surface area contributed by atoms with E-state index in [0.29, 0.717) is 12.2 Å². The molecule has 72 valence electrons. The maximum Gasteiger partial charge on any atom is 0.158 e. The molecule has 2 nitrogen and oxygen atoms in total. The summed E-state index contributed by atoms with van der Waals surface area (Å²) in [5, 5.41) is 0. The van der Waals surface area contributed by atoms with E-state index in [0.717, 1.165) is 30.4 Å². The summed E-state index contributed by atoms with van der Waals surface area (Å²) in [6, 6.07) is 3.86. The van der Waals surface area contributed by atoms with Crippen LogP contribution in [0.1, 0.15) is 31.2 Å². The normalized spacial score (nSPS) is 20.0. The van der Waals surface area contributed by atoms with Crippen molar-refractivity contribution in [2.75, 3.05) is 0 Å². The zero-order chi connectivity index (χ0) is 9.80. The number of carbonyl (C=O) groups excluding carboxylic acids is 1. The van der Waals surface area contributed by atoms with Crippen LogP contribution in [0.15, 0.2) is 30.1 Å². The Labute approximate surface area is 83.7 Å². The van der Waals surface area contributed by atoms with Crippen molar-refractivity contribution in [1.82, 2.24) is 4.98 Å². The van der Waals surface area contributed by atoms with Crippen LogP contribution in [0.5, 0.6) is 0 Å². The quantitative estimate of drug-likeness (QED) is 0.632. The average molecular weight is 187 g/mol. The zero-order valence-electron chi connectivity index (χ0n) is 8.07. The summed E-state index contributed by atoms with van der Waals surface area (Å²) in [5.74, 6) is 0.306. The van der Waals surface area contributed by atoms with Gasteiger partial charge in [-0.05, 0) is 42.5 Å². The van der Waals surface area contributed by atoms with Crippen molar-refractivity contribution < 1.29 is 4.79 Å². The third-order valence-corrected chi connectivity index (χ3v) is 2.48. The van der Waals surface area contributed by atoms with Crippen molar-refractivity contribution in [1.29, 1.82) is 0 Å². The van der Waals surface area contributed by atoms with Crippen molar-refractivity contribution in [2.45, 2.75) is 25.7 Å². The molecule has 2 heteroatoms. The number of carbonyl (C=O) groups is 1. The molecule has 0 atom stereocenters. The first-order valence-corrected chi connectivity index (χ1v) is 5.00. The maximum absolute atomic E-state index is 11.5. The SMILES string of the molecule is O=C1CCCCC1=Cc1cccnc1. The van der Waals surface area contributed by atoms with Gasteiger partial charge in [-0.25, -0.2) is 0 Å². The van der Waals surface area contributed by atoms with E-state index < -0.39 is 0 Å². The first-order chi connectivity index (χ1) is 6.86. The second kappa shape index (κ2) is 4.18. The molecule has 14 heavy (non-hydrogen) atoms. The van der Waals surface area contributed by atoms with Crippen molar-refractivity contribution in [3.63, 3.8) is 0 Å². The molecule has 0 bridgehead atoms. The highest BCUT2D eigenvalue weighted by Gasteiger charge is 2.14. The molecule has 1 aliphatic carbocycles. The molecule has 0 radical (unpaired) electrons. The van der Waals surface area contributed by atoms with E-state index in [1.807, 2.05) is 18.2 Å². The molecule has 1 aromatic rings. The third-order valence-electron chi connectivity index (χ3n) is 2.48. The van der Waals surface area contributed by atoms with Gasteiger partial charge in [0.15, 0.2) is 5.78 Å². The number of allylic oxidation sites excluding steroid dienone is 1. The molecule has 0 aliphatic heterocycles. The molecule has 0 aromatic carbocycles. The van der Waals surface area contributed by atoms with E-state index in [9.17, 15) is 4.79 Å². The highest BCUT2D eigenvalue weighted by Crippen LogP contribution is 2.21. The molecule has 1 saturated carbocycles. The van der Waals surface area contributed by atoms with E-state index in [1.54, 1.807) is 12.4 Å². The second-order valence-electron chi connectivity index (χ2n) is 3.59. The van der Waals surface area contributed by atoms with E-state index in [-0.39, 0.29) is 0 Å². The molecule has 1 fully saturated rings. The van der Waals surface area contributed by atoms with E-state index in [4.69, 9.17) is 0 Å². The maximum atomic E-state index is 11.5. The Bertz CT molecular complexity index is 354. The molecular formula is C12H13NO. The lowest BCUT2D eigenvalue weighted by molar-refractivity contribution is -0.116. The summed E-state index contributed by atoms with van der Waals surface area (Å²) < 4.78 is 0. The van der Waals surface area contributed by atoms with Crippen LogP contribution in [0, 0.1) is 0 Å².